The number of amides is 2. The fourth-order valence-corrected chi connectivity index (χ4v) is 6.57. The van der Waals surface area contributed by atoms with Crippen LogP contribution in [0.25, 0.3) is 22.1 Å². The molecule has 44 heavy (non-hydrogen) atoms. The van der Waals surface area contributed by atoms with E-state index in [1.807, 2.05) is 30.0 Å². The smallest absolute Gasteiger partial charge is 0.254 e. The monoisotopic (exact) mass is 610 g/mol. The van der Waals surface area contributed by atoms with E-state index in [0.717, 1.165) is 40.7 Å². The molecular weight excluding hydrogens is 575 g/mol. The molecule has 3 aromatic carbocycles. The summed E-state index contributed by atoms with van der Waals surface area (Å²) in [5.41, 5.74) is 5.55. The van der Waals surface area contributed by atoms with Crippen molar-refractivity contribution in [3.05, 3.63) is 95.3 Å². The van der Waals surface area contributed by atoms with Gasteiger partial charge in [0.25, 0.3) is 5.91 Å². The minimum atomic E-state index is -0.369. The molecule has 0 aliphatic carbocycles. The minimum Gasteiger partial charge on any atom is -0.339 e. The predicted octanol–water partition coefficient (Wildman–Crippen LogP) is 6.11. The Morgan fingerprint density at radius 3 is 2.55 bits per heavy atom. The summed E-state index contributed by atoms with van der Waals surface area (Å²) < 4.78 is 15.5. The van der Waals surface area contributed by atoms with Gasteiger partial charge in [-0.05, 0) is 68.7 Å². The van der Waals surface area contributed by atoms with Crippen LogP contribution >= 0.6 is 11.8 Å². The lowest BCUT2D eigenvalue weighted by Gasteiger charge is -2.40. The first kappa shape index (κ1) is 29.7. The molecule has 1 saturated heterocycles. The molecule has 0 saturated carbocycles. The zero-order valence-corrected chi connectivity index (χ0v) is 25.8. The van der Waals surface area contributed by atoms with Crippen molar-refractivity contribution in [2.24, 2.45) is 0 Å². The van der Waals surface area contributed by atoms with E-state index in [1.54, 1.807) is 16.7 Å². The molecule has 1 unspecified atom stereocenters. The van der Waals surface area contributed by atoms with Crippen LogP contribution in [0.4, 0.5) is 4.39 Å². The predicted molar refractivity (Wildman–Crippen MR) is 171 cm³/mol. The second kappa shape index (κ2) is 13.1. The summed E-state index contributed by atoms with van der Waals surface area (Å²) in [7, 11) is 0. The second-order valence-electron chi connectivity index (χ2n) is 11.4. The van der Waals surface area contributed by atoms with E-state index in [1.165, 1.54) is 35.4 Å². The minimum absolute atomic E-state index is 0.107. The molecule has 0 radical (unpaired) electrons. The molecule has 3 heterocycles. The maximum absolute atomic E-state index is 13.3. The second-order valence-corrected chi connectivity index (χ2v) is 12.4. The maximum Gasteiger partial charge on any atom is 0.254 e. The largest absolute Gasteiger partial charge is 0.339 e. The topological polar surface area (TPSA) is 84.2 Å². The summed E-state index contributed by atoms with van der Waals surface area (Å²) in [5.74, 6) is 0.392. The molecule has 2 amide bonds. The Morgan fingerprint density at radius 1 is 0.977 bits per heavy atom. The molecule has 5 aromatic rings. The van der Waals surface area contributed by atoms with E-state index in [2.05, 4.69) is 52.0 Å². The quantitative estimate of drug-likeness (QED) is 0.148. The molecule has 8 nitrogen and oxygen atoms in total. The number of carbonyl (C=O) groups excluding carboxylic acids is 2. The van der Waals surface area contributed by atoms with Crippen LogP contribution in [0.15, 0.2) is 78.0 Å². The van der Waals surface area contributed by atoms with Gasteiger partial charge in [-0.1, -0.05) is 53.7 Å². The van der Waals surface area contributed by atoms with Crippen molar-refractivity contribution in [2.45, 2.75) is 50.9 Å². The van der Waals surface area contributed by atoms with Crippen LogP contribution in [0.1, 0.15) is 47.7 Å². The molecule has 1 fully saturated rings. The van der Waals surface area contributed by atoms with E-state index in [9.17, 15) is 14.0 Å². The van der Waals surface area contributed by atoms with Crippen LogP contribution in [0.3, 0.4) is 0 Å². The number of fused-ring (bicyclic) bond motifs is 3. The summed E-state index contributed by atoms with van der Waals surface area (Å²) in [6.07, 6.45) is 2.07. The molecule has 1 aliphatic rings. The molecule has 226 valence electrons. The van der Waals surface area contributed by atoms with Crippen LogP contribution in [0.5, 0.6) is 0 Å². The van der Waals surface area contributed by atoms with Crippen molar-refractivity contribution in [3.8, 4) is 0 Å². The van der Waals surface area contributed by atoms with Gasteiger partial charge in [-0.25, -0.2) is 9.37 Å². The Bertz CT molecular complexity index is 1790. The van der Waals surface area contributed by atoms with E-state index in [4.69, 9.17) is 4.98 Å². The van der Waals surface area contributed by atoms with Gasteiger partial charge in [-0.15, -0.1) is 10.2 Å². The molecule has 0 N–H and O–H groups in total. The first-order valence-corrected chi connectivity index (χ1v) is 16.0. The summed E-state index contributed by atoms with van der Waals surface area (Å²) in [6, 6.07) is 22.2. The average Bonchev–Trinajstić information content (AvgIpc) is 3.32. The number of nitrogens with zero attached hydrogens (tertiary/aromatic N) is 6. The van der Waals surface area contributed by atoms with Crippen LogP contribution in [-0.2, 0) is 11.3 Å². The number of aryl methyl sites for hydroxylation is 1. The lowest BCUT2D eigenvalue weighted by Crippen LogP contribution is -2.55. The highest BCUT2D eigenvalue weighted by Gasteiger charge is 2.30. The number of carbonyl (C=O) groups is 2. The van der Waals surface area contributed by atoms with Crippen molar-refractivity contribution in [1.29, 1.82) is 0 Å². The molecule has 2 aromatic heterocycles. The maximum atomic E-state index is 13.3. The Labute approximate surface area is 260 Å². The third-order valence-corrected chi connectivity index (χ3v) is 9.06. The van der Waals surface area contributed by atoms with E-state index in [0.29, 0.717) is 43.3 Å². The summed E-state index contributed by atoms with van der Waals surface area (Å²) >= 11 is 1.56. The highest BCUT2D eigenvalue weighted by molar-refractivity contribution is 7.99. The van der Waals surface area contributed by atoms with E-state index in [-0.39, 0.29) is 23.7 Å². The van der Waals surface area contributed by atoms with Gasteiger partial charge in [0.05, 0.1) is 5.52 Å². The molecule has 0 spiro atoms. The molecular formula is C34H35FN6O2S. The van der Waals surface area contributed by atoms with Crippen molar-refractivity contribution in [1.82, 2.24) is 29.5 Å². The fraction of sp³-hybridized carbons (Fsp3) is 0.324. The summed E-state index contributed by atoms with van der Waals surface area (Å²) in [5, 5.41) is 10.7. The number of halogens is 1. The van der Waals surface area contributed by atoms with Gasteiger partial charge in [0.1, 0.15) is 11.3 Å². The van der Waals surface area contributed by atoms with Crippen molar-refractivity contribution in [3.63, 3.8) is 0 Å². The van der Waals surface area contributed by atoms with Gasteiger partial charge in [0.15, 0.2) is 5.65 Å². The third kappa shape index (κ3) is 6.45. The van der Waals surface area contributed by atoms with E-state index >= 15 is 0 Å². The molecule has 0 bridgehead atoms. The van der Waals surface area contributed by atoms with Gasteiger partial charge in [-0.2, -0.15) is 0 Å². The SMILES string of the molecule is Cc1ccc2c(c1)c1nnc(SCCCCC(=O)N3CCN(C(=O)c4ccc(F)cc4)C(C)C3)nc1n2Cc1ccccc1. The normalized spacial score (nSPS) is 15.3. The zero-order valence-electron chi connectivity index (χ0n) is 24.9. The van der Waals surface area contributed by atoms with Crippen LogP contribution < -0.4 is 0 Å². The van der Waals surface area contributed by atoms with Crippen molar-refractivity contribution in [2.75, 3.05) is 25.4 Å². The Hall–Kier alpha value is -4.31. The van der Waals surface area contributed by atoms with Crippen molar-refractivity contribution >= 4 is 45.6 Å². The zero-order chi connectivity index (χ0) is 30.6. The molecule has 1 aliphatic heterocycles. The average molecular weight is 611 g/mol. The Morgan fingerprint density at radius 2 is 1.77 bits per heavy atom. The van der Waals surface area contributed by atoms with Gasteiger partial charge < -0.3 is 14.4 Å². The summed E-state index contributed by atoms with van der Waals surface area (Å²) in [4.78, 5) is 34.4. The number of hydrogen-bond donors (Lipinski definition) is 0. The highest BCUT2D eigenvalue weighted by Crippen LogP contribution is 2.29. The lowest BCUT2D eigenvalue weighted by atomic mass is 10.1. The fourth-order valence-electron chi connectivity index (χ4n) is 5.79. The molecule has 6 rings (SSSR count). The first-order valence-electron chi connectivity index (χ1n) is 15.0. The number of hydrogen-bond acceptors (Lipinski definition) is 6. The van der Waals surface area contributed by atoms with Crippen LogP contribution in [0.2, 0.25) is 0 Å². The van der Waals surface area contributed by atoms with Crippen molar-refractivity contribution < 1.29 is 14.0 Å². The van der Waals surface area contributed by atoms with Gasteiger partial charge in [0.2, 0.25) is 11.1 Å². The van der Waals surface area contributed by atoms with Gasteiger partial charge >= 0.3 is 0 Å². The molecule has 10 heteroatoms. The van der Waals surface area contributed by atoms with Crippen LogP contribution in [-0.4, -0.2) is 72.8 Å². The first-order chi connectivity index (χ1) is 21.4. The number of thioether (sulfide) groups is 1. The lowest BCUT2D eigenvalue weighted by molar-refractivity contribution is -0.133. The molecule has 1 atom stereocenters. The number of benzene rings is 3. The standard InChI is InChI=1S/C34H35FN6O2S/c1-23-11-16-29-28(20-23)31-32(41(29)22-25-8-4-3-5-9-25)36-34(38-37-31)44-19-7-6-10-30(42)39-17-18-40(24(2)21-39)33(43)26-12-14-27(35)15-13-26/h3-5,8-9,11-16,20,24H,6-7,10,17-19,21-22H2,1-2H3. The number of aromatic nitrogens is 4. The van der Waals surface area contributed by atoms with Gasteiger partial charge in [-0.3, -0.25) is 9.59 Å². The third-order valence-electron chi connectivity index (χ3n) is 8.13. The van der Waals surface area contributed by atoms with Gasteiger partial charge in [0, 0.05) is 55.3 Å². The van der Waals surface area contributed by atoms with Crippen LogP contribution in [0, 0.1) is 12.7 Å². The number of piperazine rings is 1. The number of rotatable bonds is 9. The summed E-state index contributed by atoms with van der Waals surface area (Å²) in [6.45, 7) is 6.18. The Kier molecular flexibility index (Phi) is 8.88. The van der Waals surface area contributed by atoms with E-state index < -0.39 is 0 Å². The Balaban J connectivity index is 1.02. The number of unbranched alkanes of at least 4 members (excludes halogenated alkanes) is 1. The highest BCUT2D eigenvalue weighted by atomic mass is 32.2.